The van der Waals surface area contributed by atoms with Crippen molar-refractivity contribution < 1.29 is 0 Å². The summed E-state index contributed by atoms with van der Waals surface area (Å²) < 4.78 is 0. The molecule has 1 aromatic rings. The van der Waals surface area contributed by atoms with Crippen molar-refractivity contribution in [3.8, 4) is 0 Å². The van der Waals surface area contributed by atoms with Crippen LogP contribution >= 0.6 is 0 Å². The lowest BCUT2D eigenvalue weighted by molar-refractivity contribution is 0.182. The maximum absolute atomic E-state index is 3.70. The molecule has 1 aromatic carbocycles. The van der Waals surface area contributed by atoms with Crippen molar-refractivity contribution in [1.29, 1.82) is 0 Å². The fourth-order valence-electron chi connectivity index (χ4n) is 3.78. The first kappa shape index (κ1) is 16.5. The number of aryl methyl sites for hydroxylation is 1. The number of hydrogen-bond donors (Lipinski definition) is 1. The van der Waals surface area contributed by atoms with Crippen LogP contribution in [0, 0.1) is 30.6 Å². The van der Waals surface area contributed by atoms with Gasteiger partial charge in [-0.15, -0.1) is 0 Å². The van der Waals surface area contributed by atoms with Crippen LogP contribution in [-0.4, -0.2) is 13.1 Å². The molecule has 0 saturated heterocycles. The molecular weight excluding hydrogens is 254 g/mol. The minimum atomic E-state index is 0.753. The summed E-state index contributed by atoms with van der Waals surface area (Å²) in [5.74, 6) is 3.37. The molecule has 0 amide bonds. The normalized spacial score (nSPS) is 26.2. The third-order valence-corrected chi connectivity index (χ3v) is 4.94. The van der Waals surface area contributed by atoms with E-state index in [4.69, 9.17) is 0 Å². The van der Waals surface area contributed by atoms with Gasteiger partial charge in [0.25, 0.3) is 0 Å². The quantitative estimate of drug-likeness (QED) is 0.789. The van der Waals surface area contributed by atoms with Crippen LogP contribution in [0.5, 0.6) is 0 Å². The van der Waals surface area contributed by atoms with Crippen molar-refractivity contribution in [2.75, 3.05) is 13.1 Å². The maximum Gasteiger partial charge on any atom is -0.00176 e. The van der Waals surface area contributed by atoms with Crippen LogP contribution in [-0.2, 0) is 6.42 Å². The smallest absolute Gasteiger partial charge is 0.00176 e. The van der Waals surface area contributed by atoms with Gasteiger partial charge in [0.2, 0.25) is 0 Å². The molecule has 3 unspecified atom stereocenters. The molecule has 1 heteroatoms. The van der Waals surface area contributed by atoms with Gasteiger partial charge in [-0.05, 0) is 68.5 Å². The van der Waals surface area contributed by atoms with E-state index in [-0.39, 0.29) is 0 Å². The zero-order valence-electron chi connectivity index (χ0n) is 14.4. The number of benzene rings is 1. The molecule has 0 aliphatic heterocycles. The summed E-state index contributed by atoms with van der Waals surface area (Å²) in [7, 11) is 0. The predicted molar refractivity (Wildman–Crippen MR) is 92.6 cm³/mol. The first-order chi connectivity index (χ1) is 10.0. The number of nitrogens with one attached hydrogen (secondary N) is 1. The zero-order chi connectivity index (χ0) is 15.2. The van der Waals surface area contributed by atoms with E-state index in [1.807, 2.05) is 0 Å². The lowest BCUT2D eigenvalue weighted by Gasteiger charge is -2.35. The molecule has 0 bridgehead atoms. The van der Waals surface area contributed by atoms with Crippen LogP contribution in [0.25, 0.3) is 0 Å². The van der Waals surface area contributed by atoms with Gasteiger partial charge in [-0.3, -0.25) is 0 Å². The van der Waals surface area contributed by atoms with Gasteiger partial charge >= 0.3 is 0 Å². The van der Waals surface area contributed by atoms with Gasteiger partial charge in [-0.2, -0.15) is 0 Å². The molecule has 0 heterocycles. The van der Waals surface area contributed by atoms with Gasteiger partial charge in [0, 0.05) is 0 Å². The average Bonchev–Trinajstić information content (AvgIpc) is 2.41. The van der Waals surface area contributed by atoms with Gasteiger partial charge in [0.05, 0.1) is 0 Å². The fraction of sp³-hybridized carbons (Fsp3) is 0.700. The monoisotopic (exact) mass is 287 g/mol. The molecule has 2 rings (SSSR count). The van der Waals surface area contributed by atoms with Crippen LogP contribution in [0.3, 0.4) is 0 Å². The molecule has 3 atom stereocenters. The van der Waals surface area contributed by atoms with E-state index in [2.05, 4.69) is 57.3 Å². The van der Waals surface area contributed by atoms with Crippen LogP contribution in [0.15, 0.2) is 24.3 Å². The minimum Gasteiger partial charge on any atom is -0.316 e. The largest absolute Gasteiger partial charge is 0.316 e. The average molecular weight is 287 g/mol. The van der Waals surface area contributed by atoms with Gasteiger partial charge in [-0.1, -0.05) is 57.0 Å². The standard InChI is InChI=1S/C20H33N/c1-15(2)13-21-14-19-9-8-17(4)11-20(19)12-18-7-5-6-16(3)10-18/h5-7,10,15,17,19-21H,8-9,11-14H2,1-4H3. The van der Waals surface area contributed by atoms with Crippen molar-refractivity contribution in [2.45, 2.75) is 53.4 Å². The van der Waals surface area contributed by atoms with Gasteiger partial charge in [-0.25, -0.2) is 0 Å². The van der Waals surface area contributed by atoms with E-state index >= 15 is 0 Å². The molecular formula is C20H33N. The molecule has 1 aliphatic rings. The molecule has 0 spiro atoms. The topological polar surface area (TPSA) is 12.0 Å². The van der Waals surface area contributed by atoms with Crippen molar-refractivity contribution in [3.63, 3.8) is 0 Å². The summed E-state index contributed by atoms with van der Waals surface area (Å²) in [4.78, 5) is 0. The highest BCUT2D eigenvalue weighted by atomic mass is 14.9. The van der Waals surface area contributed by atoms with E-state index in [9.17, 15) is 0 Å². The Morgan fingerprint density at radius 3 is 2.71 bits per heavy atom. The Morgan fingerprint density at radius 2 is 2.00 bits per heavy atom. The van der Waals surface area contributed by atoms with Crippen LogP contribution < -0.4 is 5.32 Å². The molecule has 1 fully saturated rings. The maximum atomic E-state index is 3.70. The third-order valence-electron chi connectivity index (χ3n) is 4.94. The van der Waals surface area contributed by atoms with Crippen molar-refractivity contribution in [1.82, 2.24) is 5.32 Å². The Hall–Kier alpha value is -0.820. The van der Waals surface area contributed by atoms with E-state index in [1.54, 1.807) is 0 Å². The molecule has 1 saturated carbocycles. The number of rotatable bonds is 6. The van der Waals surface area contributed by atoms with Crippen LogP contribution in [0.1, 0.15) is 51.2 Å². The van der Waals surface area contributed by atoms with E-state index in [1.165, 1.54) is 43.4 Å². The Kier molecular flexibility index (Phi) is 6.29. The molecule has 1 N–H and O–H groups in total. The summed E-state index contributed by atoms with van der Waals surface area (Å²) in [6, 6.07) is 9.10. The summed E-state index contributed by atoms with van der Waals surface area (Å²) >= 11 is 0. The third kappa shape index (κ3) is 5.47. The van der Waals surface area contributed by atoms with E-state index in [0.29, 0.717) is 0 Å². The van der Waals surface area contributed by atoms with Crippen molar-refractivity contribution >= 4 is 0 Å². The predicted octanol–water partition coefficient (Wildman–Crippen LogP) is 4.84. The van der Waals surface area contributed by atoms with Gasteiger partial charge in [0.15, 0.2) is 0 Å². The highest BCUT2D eigenvalue weighted by Crippen LogP contribution is 2.35. The molecule has 0 aromatic heterocycles. The first-order valence-electron chi connectivity index (χ1n) is 8.81. The first-order valence-corrected chi connectivity index (χ1v) is 8.81. The molecule has 21 heavy (non-hydrogen) atoms. The van der Waals surface area contributed by atoms with Gasteiger partial charge < -0.3 is 5.32 Å². The second kappa shape index (κ2) is 7.98. The Balaban J connectivity index is 1.94. The van der Waals surface area contributed by atoms with Gasteiger partial charge in [0.1, 0.15) is 0 Å². The SMILES string of the molecule is Cc1cccc(CC2CC(C)CCC2CNCC(C)C)c1. The van der Waals surface area contributed by atoms with E-state index < -0.39 is 0 Å². The lowest BCUT2D eigenvalue weighted by atomic mass is 9.72. The van der Waals surface area contributed by atoms with Crippen LogP contribution in [0.2, 0.25) is 0 Å². The Labute approximate surface area is 131 Å². The minimum absolute atomic E-state index is 0.753. The summed E-state index contributed by atoms with van der Waals surface area (Å²) in [5.41, 5.74) is 2.92. The number of hydrogen-bond acceptors (Lipinski definition) is 1. The summed E-state index contributed by atoms with van der Waals surface area (Å²) in [6.45, 7) is 11.6. The highest BCUT2D eigenvalue weighted by Gasteiger charge is 2.28. The molecule has 0 radical (unpaired) electrons. The molecule has 118 valence electrons. The second-order valence-corrected chi connectivity index (χ2v) is 7.68. The zero-order valence-corrected chi connectivity index (χ0v) is 14.4. The summed E-state index contributed by atoms with van der Waals surface area (Å²) in [5, 5.41) is 3.70. The van der Waals surface area contributed by atoms with Crippen molar-refractivity contribution in [3.05, 3.63) is 35.4 Å². The molecule has 1 aliphatic carbocycles. The van der Waals surface area contributed by atoms with E-state index in [0.717, 1.165) is 30.2 Å². The Bertz CT molecular complexity index is 424. The Morgan fingerprint density at radius 1 is 1.19 bits per heavy atom. The summed E-state index contributed by atoms with van der Waals surface area (Å²) in [6.07, 6.45) is 5.49. The fourth-order valence-corrected chi connectivity index (χ4v) is 3.78. The van der Waals surface area contributed by atoms with Crippen LogP contribution in [0.4, 0.5) is 0 Å². The molecule has 1 nitrogen and oxygen atoms in total. The van der Waals surface area contributed by atoms with Crippen molar-refractivity contribution in [2.24, 2.45) is 23.7 Å². The highest BCUT2D eigenvalue weighted by molar-refractivity contribution is 5.22. The second-order valence-electron chi connectivity index (χ2n) is 7.68. The lowest BCUT2D eigenvalue weighted by Crippen LogP contribution is -2.35.